The van der Waals surface area contributed by atoms with Gasteiger partial charge in [0, 0.05) is 6.42 Å². The van der Waals surface area contributed by atoms with Crippen molar-refractivity contribution in [1.82, 2.24) is 5.32 Å². The standard InChI is InChI=1S/C66H121NO10/c1-4-7-10-13-16-19-22-23-24-25-26-27-28-29-30-31-32-33-34-35-36-37-39-42-45-48-51-54-61(71)77-64-63(73)62(72)60(55-68)76-66(64)75-56-57(58(69)52-49-46-43-41-38-20-17-14-11-8-5-2)67-65(74)59(70)53-50-47-44-40-21-18-15-12-9-6-3/h16,19,23-24,26-27,49,52,57-60,62-64,66,68-70,72-73H,4-15,17-18,20-22,25,28-48,50-51,53-56H2,1-3H3,(H,67,74)/b19-16-,24-23-,27-26-,52-49+. The first-order valence-corrected chi connectivity index (χ1v) is 32.4. The number of amides is 1. The molecule has 0 radical (unpaired) electrons. The molecule has 1 saturated heterocycles. The van der Waals surface area contributed by atoms with Crippen LogP contribution in [-0.2, 0) is 23.8 Å². The lowest BCUT2D eigenvalue weighted by Crippen LogP contribution is -2.61. The molecule has 6 N–H and O–H groups in total. The molecule has 1 rings (SSSR count). The van der Waals surface area contributed by atoms with Crippen molar-refractivity contribution in [3.05, 3.63) is 48.6 Å². The van der Waals surface area contributed by atoms with Crippen LogP contribution in [0.5, 0.6) is 0 Å². The first-order valence-electron chi connectivity index (χ1n) is 32.4. The molecule has 8 atom stereocenters. The van der Waals surface area contributed by atoms with Crippen molar-refractivity contribution >= 4 is 11.9 Å². The Bertz CT molecular complexity index is 1440. The molecule has 0 aliphatic carbocycles. The molecule has 1 heterocycles. The Hall–Kier alpha value is -2.38. The highest BCUT2D eigenvalue weighted by Crippen LogP contribution is 2.26. The van der Waals surface area contributed by atoms with Crippen LogP contribution in [0.2, 0.25) is 0 Å². The smallest absolute Gasteiger partial charge is 0.306 e. The van der Waals surface area contributed by atoms with Gasteiger partial charge in [-0.25, -0.2) is 0 Å². The van der Waals surface area contributed by atoms with Gasteiger partial charge in [0.1, 0.15) is 24.4 Å². The van der Waals surface area contributed by atoms with Crippen LogP contribution in [0.3, 0.4) is 0 Å². The summed E-state index contributed by atoms with van der Waals surface area (Å²) in [4.78, 5) is 26.5. The second-order valence-corrected chi connectivity index (χ2v) is 22.5. The van der Waals surface area contributed by atoms with Gasteiger partial charge in [0.05, 0.1) is 25.4 Å². The van der Waals surface area contributed by atoms with Gasteiger partial charge in [0.2, 0.25) is 5.91 Å². The lowest BCUT2D eigenvalue weighted by Gasteiger charge is -2.41. The van der Waals surface area contributed by atoms with Gasteiger partial charge in [-0.1, -0.05) is 275 Å². The molecule has 1 aliphatic heterocycles. The zero-order valence-electron chi connectivity index (χ0n) is 49.8. The van der Waals surface area contributed by atoms with Crippen LogP contribution in [0.4, 0.5) is 0 Å². The molecule has 0 aromatic rings. The first kappa shape index (κ1) is 72.6. The Labute approximate surface area is 472 Å². The van der Waals surface area contributed by atoms with E-state index < -0.39 is 67.4 Å². The van der Waals surface area contributed by atoms with E-state index in [2.05, 4.69) is 62.5 Å². The summed E-state index contributed by atoms with van der Waals surface area (Å²) in [5.74, 6) is -1.19. The summed E-state index contributed by atoms with van der Waals surface area (Å²) in [7, 11) is 0. The molecule has 0 bridgehead atoms. The van der Waals surface area contributed by atoms with Crippen LogP contribution in [0, 0.1) is 0 Å². The minimum atomic E-state index is -1.61. The molecule has 450 valence electrons. The molecule has 11 heteroatoms. The monoisotopic (exact) mass is 1090 g/mol. The number of carbonyl (C=O) groups excluding carboxylic acids is 2. The maximum atomic E-state index is 13.3. The van der Waals surface area contributed by atoms with E-state index in [0.717, 1.165) is 70.6 Å². The molecular formula is C66H121NO10. The maximum Gasteiger partial charge on any atom is 0.306 e. The highest BCUT2D eigenvalue weighted by Gasteiger charge is 2.47. The van der Waals surface area contributed by atoms with E-state index in [-0.39, 0.29) is 13.0 Å². The average Bonchev–Trinajstić information content (AvgIpc) is 3.43. The Morgan fingerprint density at radius 3 is 1.36 bits per heavy atom. The SMILES string of the molecule is CCCCC/C=C\C/C=C\C/C=C\CCCCCCCCCCCCCCCCC(=O)OC1C(OCC(NC(=O)C(O)CCCCCCCCCCCC)C(O)/C=C/CCCCCCCCCCC)OC(CO)C(O)C1O. The normalized spacial score (nSPS) is 19.3. The molecule has 8 unspecified atom stereocenters. The van der Waals surface area contributed by atoms with Gasteiger partial charge in [-0.2, -0.15) is 0 Å². The summed E-state index contributed by atoms with van der Waals surface area (Å²) >= 11 is 0. The molecule has 0 saturated carbocycles. The molecule has 0 aromatic heterocycles. The Kier molecular flexibility index (Phi) is 51.1. The number of nitrogens with one attached hydrogen (secondary N) is 1. The van der Waals surface area contributed by atoms with Gasteiger partial charge >= 0.3 is 5.97 Å². The van der Waals surface area contributed by atoms with Crippen LogP contribution >= 0.6 is 0 Å². The second-order valence-electron chi connectivity index (χ2n) is 22.5. The molecule has 1 aliphatic rings. The minimum Gasteiger partial charge on any atom is -0.454 e. The highest BCUT2D eigenvalue weighted by molar-refractivity contribution is 5.80. The lowest BCUT2D eigenvalue weighted by molar-refractivity contribution is -0.305. The van der Waals surface area contributed by atoms with Gasteiger partial charge in [-0.3, -0.25) is 9.59 Å². The van der Waals surface area contributed by atoms with E-state index >= 15 is 0 Å². The summed E-state index contributed by atoms with van der Waals surface area (Å²) in [6.07, 6.45) is 56.0. The van der Waals surface area contributed by atoms with Crippen LogP contribution in [0.15, 0.2) is 48.6 Å². The first-order chi connectivity index (χ1) is 37.7. The Morgan fingerprint density at radius 1 is 0.506 bits per heavy atom. The van der Waals surface area contributed by atoms with E-state index in [0.29, 0.717) is 19.3 Å². The molecule has 1 amide bonds. The van der Waals surface area contributed by atoms with Crippen molar-refractivity contribution in [2.45, 2.75) is 346 Å². The number of aliphatic hydroxyl groups is 5. The van der Waals surface area contributed by atoms with Crippen molar-refractivity contribution in [1.29, 1.82) is 0 Å². The molecular weight excluding hydrogens is 967 g/mol. The van der Waals surface area contributed by atoms with E-state index in [4.69, 9.17) is 14.2 Å². The number of ether oxygens (including phenoxy) is 3. The van der Waals surface area contributed by atoms with Crippen molar-refractivity contribution in [2.75, 3.05) is 13.2 Å². The number of allylic oxidation sites excluding steroid dienone is 7. The number of unbranched alkanes of at least 4 members (excludes halogenated alkanes) is 35. The van der Waals surface area contributed by atoms with Crippen molar-refractivity contribution in [2.24, 2.45) is 0 Å². The summed E-state index contributed by atoms with van der Waals surface area (Å²) in [6, 6.07) is -1.02. The van der Waals surface area contributed by atoms with Crippen LogP contribution < -0.4 is 5.32 Å². The second kappa shape index (κ2) is 54.2. The highest BCUT2D eigenvalue weighted by atomic mass is 16.7. The van der Waals surface area contributed by atoms with Crippen LogP contribution in [0.25, 0.3) is 0 Å². The number of hydrogen-bond donors (Lipinski definition) is 6. The van der Waals surface area contributed by atoms with Gasteiger partial charge in [-0.05, 0) is 64.2 Å². The number of esters is 1. The number of rotatable bonds is 55. The Morgan fingerprint density at radius 2 is 0.896 bits per heavy atom. The van der Waals surface area contributed by atoms with Crippen molar-refractivity contribution in [3.8, 4) is 0 Å². The third kappa shape index (κ3) is 42.2. The van der Waals surface area contributed by atoms with Crippen molar-refractivity contribution < 1.29 is 49.3 Å². The molecule has 1 fully saturated rings. The fourth-order valence-electron chi connectivity index (χ4n) is 10.1. The molecule has 11 nitrogen and oxygen atoms in total. The average molecular weight is 1090 g/mol. The van der Waals surface area contributed by atoms with Crippen molar-refractivity contribution in [3.63, 3.8) is 0 Å². The number of hydrogen-bond acceptors (Lipinski definition) is 10. The fourth-order valence-corrected chi connectivity index (χ4v) is 10.1. The summed E-state index contributed by atoms with van der Waals surface area (Å²) in [5, 5.41) is 56.9. The van der Waals surface area contributed by atoms with E-state index in [1.807, 2.05) is 6.08 Å². The molecule has 0 aromatic carbocycles. The third-order valence-corrected chi connectivity index (χ3v) is 15.2. The van der Waals surface area contributed by atoms with Gasteiger partial charge < -0.3 is 45.1 Å². The summed E-state index contributed by atoms with van der Waals surface area (Å²) in [6.45, 7) is 5.75. The molecule has 0 spiro atoms. The fraction of sp³-hybridized carbons (Fsp3) is 0.848. The predicted molar refractivity (Wildman–Crippen MR) is 320 cm³/mol. The summed E-state index contributed by atoms with van der Waals surface area (Å²) < 4.78 is 17.6. The number of carbonyl (C=O) groups is 2. The van der Waals surface area contributed by atoms with Gasteiger partial charge in [-0.15, -0.1) is 0 Å². The third-order valence-electron chi connectivity index (χ3n) is 15.2. The van der Waals surface area contributed by atoms with Crippen LogP contribution in [0.1, 0.15) is 297 Å². The Balaban J connectivity index is 2.51. The van der Waals surface area contributed by atoms with Gasteiger partial charge in [0.25, 0.3) is 0 Å². The molecule has 77 heavy (non-hydrogen) atoms. The maximum absolute atomic E-state index is 13.3. The number of aliphatic hydroxyl groups excluding tert-OH is 5. The van der Waals surface area contributed by atoms with Crippen LogP contribution in [-0.4, -0.2) is 99.6 Å². The topological polar surface area (TPSA) is 175 Å². The van der Waals surface area contributed by atoms with E-state index in [9.17, 15) is 35.1 Å². The predicted octanol–water partition coefficient (Wildman–Crippen LogP) is 15.6. The van der Waals surface area contributed by atoms with E-state index in [1.165, 1.54) is 180 Å². The largest absolute Gasteiger partial charge is 0.454 e. The van der Waals surface area contributed by atoms with Gasteiger partial charge in [0.15, 0.2) is 12.4 Å². The zero-order valence-corrected chi connectivity index (χ0v) is 49.8. The summed E-state index contributed by atoms with van der Waals surface area (Å²) in [5.41, 5.74) is 0. The van der Waals surface area contributed by atoms with E-state index in [1.54, 1.807) is 6.08 Å². The quantitative estimate of drug-likeness (QED) is 0.0195. The zero-order chi connectivity index (χ0) is 56.1. The lowest BCUT2D eigenvalue weighted by atomic mass is 9.99. The minimum absolute atomic E-state index is 0.124.